The summed E-state index contributed by atoms with van der Waals surface area (Å²) in [5.74, 6) is -0.648. The normalized spacial score (nSPS) is 19.0. The molecule has 0 bridgehead atoms. The monoisotopic (exact) mass is 368 g/mol. The summed E-state index contributed by atoms with van der Waals surface area (Å²) in [5.41, 5.74) is 4.77. The van der Waals surface area contributed by atoms with Crippen LogP contribution in [0.25, 0.3) is 11.1 Å². The van der Waals surface area contributed by atoms with Crippen LogP contribution in [-0.4, -0.2) is 34.9 Å². The topological polar surface area (TPSA) is 40.6 Å². The molecule has 134 valence electrons. The minimum Gasteiger partial charge on any atom is -0.270 e. The van der Waals surface area contributed by atoms with Gasteiger partial charge in [-0.25, -0.2) is 10.0 Å². The Morgan fingerprint density at radius 3 is 1.92 bits per heavy atom. The summed E-state index contributed by atoms with van der Waals surface area (Å²) in [6, 6.07) is 14.0. The second-order valence-electron chi connectivity index (χ2n) is 7.12. The number of aryl methyl sites for hydroxylation is 2. The fourth-order valence-corrected chi connectivity index (χ4v) is 4.25. The van der Waals surface area contributed by atoms with Crippen LogP contribution in [0.4, 0.5) is 0 Å². The third kappa shape index (κ3) is 2.43. The van der Waals surface area contributed by atoms with E-state index in [1.807, 2.05) is 25.1 Å². The molecule has 5 heteroatoms. The molecule has 2 aliphatic rings. The molecule has 2 aromatic rings. The first-order valence-corrected chi connectivity index (χ1v) is 9.31. The predicted molar refractivity (Wildman–Crippen MR) is 102 cm³/mol. The minimum atomic E-state index is -1.64. The molecular formula is C21H21ClN2O2. The van der Waals surface area contributed by atoms with Gasteiger partial charge in [0.2, 0.25) is 4.87 Å². The largest absolute Gasteiger partial charge is 0.276 e. The van der Waals surface area contributed by atoms with E-state index < -0.39 is 4.87 Å². The molecule has 0 aliphatic carbocycles. The number of hydrazine groups is 1. The van der Waals surface area contributed by atoms with Crippen molar-refractivity contribution in [1.29, 1.82) is 0 Å². The van der Waals surface area contributed by atoms with E-state index in [0.717, 1.165) is 29.5 Å². The van der Waals surface area contributed by atoms with Crippen molar-refractivity contribution in [1.82, 2.24) is 10.0 Å². The minimum absolute atomic E-state index is 0.324. The first-order chi connectivity index (χ1) is 12.4. The number of rotatable bonds is 2. The maximum atomic E-state index is 12.9. The number of carbonyl (C=O) groups excluding carboxylic acids is 2. The van der Waals surface area contributed by atoms with E-state index in [1.54, 1.807) is 0 Å². The smallest absolute Gasteiger partial charge is 0.270 e. The zero-order chi connectivity index (χ0) is 18.5. The highest BCUT2D eigenvalue weighted by Crippen LogP contribution is 2.42. The van der Waals surface area contributed by atoms with Crippen LogP contribution in [0, 0.1) is 13.8 Å². The maximum Gasteiger partial charge on any atom is 0.276 e. The van der Waals surface area contributed by atoms with Crippen LogP contribution in [-0.2, 0) is 14.5 Å². The highest BCUT2D eigenvalue weighted by atomic mass is 35.5. The second kappa shape index (κ2) is 6.13. The number of alkyl halides is 1. The summed E-state index contributed by atoms with van der Waals surface area (Å²) in [6.45, 7) is 5.07. The van der Waals surface area contributed by atoms with E-state index in [-0.39, 0.29) is 11.8 Å². The molecule has 2 amide bonds. The summed E-state index contributed by atoms with van der Waals surface area (Å²) in [7, 11) is 0. The standard InChI is InChI=1S/C21H21ClN2O2/c1-14-5-7-16(8-6-14)17-9-10-18(15(2)13-17)21(22)19(25)23-11-3-4-12-24(23)20(21)26/h5-10,13H,3-4,11-12H2,1-2H3. The predicted octanol–water partition coefficient (Wildman–Crippen LogP) is 3.78. The molecule has 0 atom stereocenters. The third-order valence-corrected chi connectivity index (χ3v) is 5.85. The lowest BCUT2D eigenvalue weighted by Crippen LogP contribution is -2.45. The molecule has 4 nitrogen and oxygen atoms in total. The quantitative estimate of drug-likeness (QED) is 0.597. The van der Waals surface area contributed by atoms with Crippen molar-refractivity contribution < 1.29 is 9.59 Å². The Hall–Kier alpha value is -2.33. The fourth-order valence-electron chi connectivity index (χ4n) is 3.84. The van der Waals surface area contributed by atoms with Crippen molar-refractivity contribution in [3.63, 3.8) is 0 Å². The summed E-state index contributed by atoms with van der Waals surface area (Å²) >= 11 is 6.71. The van der Waals surface area contributed by atoms with E-state index in [1.165, 1.54) is 15.6 Å². The molecule has 26 heavy (non-hydrogen) atoms. The van der Waals surface area contributed by atoms with Gasteiger partial charge < -0.3 is 0 Å². The first-order valence-electron chi connectivity index (χ1n) is 8.94. The first kappa shape index (κ1) is 17.1. The van der Waals surface area contributed by atoms with Crippen molar-refractivity contribution in [2.45, 2.75) is 31.6 Å². The van der Waals surface area contributed by atoms with Crippen LogP contribution in [0.2, 0.25) is 0 Å². The molecule has 2 aromatic carbocycles. The van der Waals surface area contributed by atoms with Gasteiger partial charge in [-0.2, -0.15) is 0 Å². The molecule has 0 radical (unpaired) electrons. The van der Waals surface area contributed by atoms with E-state index in [9.17, 15) is 9.59 Å². The van der Waals surface area contributed by atoms with Crippen LogP contribution in [0.5, 0.6) is 0 Å². The maximum absolute atomic E-state index is 12.9. The number of amides is 2. The lowest BCUT2D eigenvalue weighted by Gasteiger charge is -2.31. The van der Waals surface area contributed by atoms with Crippen molar-refractivity contribution >= 4 is 23.4 Å². The Balaban J connectivity index is 1.74. The van der Waals surface area contributed by atoms with Crippen LogP contribution in [0.15, 0.2) is 42.5 Å². The van der Waals surface area contributed by atoms with Gasteiger partial charge in [-0.05, 0) is 48.9 Å². The average molecular weight is 369 g/mol. The number of benzene rings is 2. The van der Waals surface area contributed by atoms with Crippen LogP contribution in [0.1, 0.15) is 29.5 Å². The van der Waals surface area contributed by atoms with Gasteiger partial charge in [-0.3, -0.25) is 9.59 Å². The molecule has 2 saturated heterocycles. The Morgan fingerprint density at radius 2 is 1.38 bits per heavy atom. The van der Waals surface area contributed by atoms with E-state index in [2.05, 4.69) is 31.2 Å². The second-order valence-corrected chi connectivity index (χ2v) is 7.68. The Labute approximate surface area is 158 Å². The van der Waals surface area contributed by atoms with Gasteiger partial charge in [-0.1, -0.05) is 59.6 Å². The summed E-state index contributed by atoms with van der Waals surface area (Å²) in [6.07, 6.45) is 1.79. The molecule has 0 unspecified atom stereocenters. The third-order valence-electron chi connectivity index (χ3n) is 5.32. The molecular weight excluding hydrogens is 348 g/mol. The number of hydrogen-bond donors (Lipinski definition) is 0. The molecule has 2 aliphatic heterocycles. The number of hydrogen-bond acceptors (Lipinski definition) is 2. The van der Waals surface area contributed by atoms with Crippen LogP contribution >= 0.6 is 11.6 Å². The molecule has 4 rings (SSSR count). The van der Waals surface area contributed by atoms with Gasteiger partial charge in [0.25, 0.3) is 11.8 Å². The van der Waals surface area contributed by atoms with Gasteiger partial charge >= 0.3 is 0 Å². The SMILES string of the molecule is Cc1ccc(-c2ccc(C3(Cl)C(=O)N4CCCCN4C3=O)c(C)c2)cc1. The number of carbonyl (C=O) groups is 2. The number of fused-ring (bicyclic) bond motifs is 1. The zero-order valence-corrected chi connectivity index (χ0v) is 15.7. The van der Waals surface area contributed by atoms with Gasteiger partial charge in [0, 0.05) is 13.1 Å². The zero-order valence-electron chi connectivity index (χ0n) is 15.0. The lowest BCUT2D eigenvalue weighted by molar-refractivity contribution is -0.150. The molecule has 0 aromatic heterocycles. The van der Waals surface area contributed by atoms with E-state index >= 15 is 0 Å². The molecule has 0 N–H and O–H groups in total. The Kier molecular flexibility index (Phi) is 4.03. The summed E-state index contributed by atoms with van der Waals surface area (Å²) in [5, 5.41) is 3.04. The average Bonchev–Trinajstić information content (AvgIpc) is 2.85. The van der Waals surface area contributed by atoms with Gasteiger partial charge in [0.15, 0.2) is 0 Å². The summed E-state index contributed by atoms with van der Waals surface area (Å²) in [4.78, 5) is 24.3. The fraction of sp³-hybridized carbons (Fsp3) is 0.333. The van der Waals surface area contributed by atoms with Crippen LogP contribution < -0.4 is 0 Å². The Bertz CT molecular complexity index is 867. The number of nitrogens with zero attached hydrogens (tertiary/aromatic N) is 2. The Morgan fingerprint density at radius 1 is 0.846 bits per heavy atom. The van der Waals surface area contributed by atoms with E-state index in [0.29, 0.717) is 18.7 Å². The van der Waals surface area contributed by atoms with Gasteiger partial charge in [0.1, 0.15) is 0 Å². The van der Waals surface area contributed by atoms with Crippen molar-refractivity contribution in [3.8, 4) is 11.1 Å². The molecule has 0 saturated carbocycles. The highest BCUT2D eigenvalue weighted by molar-refractivity contribution is 6.47. The molecule has 2 heterocycles. The van der Waals surface area contributed by atoms with Crippen LogP contribution in [0.3, 0.4) is 0 Å². The van der Waals surface area contributed by atoms with Crippen molar-refractivity contribution in [3.05, 3.63) is 59.2 Å². The number of halogens is 1. The van der Waals surface area contributed by atoms with Crippen molar-refractivity contribution in [2.24, 2.45) is 0 Å². The summed E-state index contributed by atoms with van der Waals surface area (Å²) < 4.78 is 0. The lowest BCUT2D eigenvalue weighted by atomic mass is 9.90. The molecule has 0 spiro atoms. The van der Waals surface area contributed by atoms with Crippen molar-refractivity contribution in [2.75, 3.05) is 13.1 Å². The highest BCUT2D eigenvalue weighted by Gasteiger charge is 2.59. The van der Waals surface area contributed by atoms with Gasteiger partial charge in [-0.15, -0.1) is 0 Å². The molecule has 2 fully saturated rings. The van der Waals surface area contributed by atoms with Gasteiger partial charge in [0.05, 0.1) is 0 Å². The van der Waals surface area contributed by atoms with E-state index in [4.69, 9.17) is 11.6 Å².